The van der Waals surface area contributed by atoms with Gasteiger partial charge in [0.2, 0.25) is 5.91 Å². The Morgan fingerprint density at radius 1 is 0.917 bits per heavy atom. The highest BCUT2D eigenvalue weighted by molar-refractivity contribution is 5.97. The smallest absolute Gasteiger partial charge is 0.450 e. The minimum atomic E-state index is -1.28. The topological polar surface area (TPSA) is 154 Å². The molecular formula is C35H40N6O7. The first-order valence-corrected chi connectivity index (χ1v) is 16.4. The van der Waals surface area contributed by atoms with Crippen LogP contribution in [-0.2, 0) is 20.7 Å². The molecule has 3 heterocycles. The molecule has 2 aliphatic heterocycles. The average Bonchev–Trinajstić information content (AvgIpc) is 3.52. The van der Waals surface area contributed by atoms with Crippen molar-refractivity contribution in [3.05, 3.63) is 78.0 Å². The third kappa shape index (κ3) is 7.67. The molecule has 3 amide bonds. The van der Waals surface area contributed by atoms with Crippen LogP contribution >= 0.6 is 0 Å². The molecule has 13 nitrogen and oxygen atoms in total. The Labute approximate surface area is 278 Å². The lowest BCUT2D eigenvalue weighted by Crippen LogP contribution is -2.56. The fourth-order valence-electron chi connectivity index (χ4n) is 6.39. The van der Waals surface area contributed by atoms with Gasteiger partial charge >= 0.3 is 12.2 Å². The van der Waals surface area contributed by atoms with Gasteiger partial charge in [0.15, 0.2) is 5.82 Å². The number of nitrogens with zero attached hydrogens (tertiary/aromatic N) is 5. The Balaban J connectivity index is 1.19. The van der Waals surface area contributed by atoms with Crippen LogP contribution in [0.2, 0.25) is 0 Å². The highest BCUT2D eigenvalue weighted by Gasteiger charge is 2.59. The van der Waals surface area contributed by atoms with Crippen molar-refractivity contribution in [1.82, 2.24) is 25.1 Å². The Morgan fingerprint density at radius 2 is 1.56 bits per heavy atom. The predicted molar refractivity (Wildman–Crippen MR) is 175 cm³/mol. The van der Waals surface area contributed by atoms with Crippen molar-refractivity contribution in [2.45, 2.75) is 38.3 Å². The summed E-state index contributed by atoms with van der Waals surface area (Å²) < 4.78 is 10.3. The zero-order chi connectivity index (χ0) is 33.6. The first kappa shape index (κ1) is 32.7. The van der Waals surface area contributed by atoms with Gasteiger partial charge in [0, 0.05) is 69.2 Å². The van der Waals surface area contributed by atoms with Crippen molar-refractivity contribution < 1.29 is 33.8 Å². The predicted octanol–water partition coefficient (Wildman–Crippen LogP) is 3.69. The van der Waals surface area contributed by atoms with Gasteiger partial charge in [0.1, 0.15) is 23.7 Å². The zero-order valence-corrected chi connectivity index (χ0v) is 26.9. The fraction of sp³-hybridized carbons (Fsp3) is 0.429. The maximum absolute atomic E-state index is 14.0. The number of unbranched alkanes of at least 4 members (excludes halogenated alkanes) is 1. The Bertz CT molecular complexity index is 1600. The summed E-state index contributed by atoms with van der Waals surface area (Å²) in [6, 6.07) is 19.6. The minimum absolute atomic E-state index is 0.0695. The summed E-state index contributed by atoms with van der Waals surface area (Å²) in [5.74, 6) is 0.292. The second kappa shape index (κ2) is 14.7. The van der Waals surface area contributed by atoms with Crippen molar-refractivity contribution >= 4 is 29.9 Å². The molecule has 48 heavy (non-hydrogen) atoms. The summed E-state index contributed by atoms with van der Waals surface area (Å²) in [5.41, 5.74) is 1.73. The number of nitrogens with one attached hydrogen (secondary N) is 1. The zero-order valence-electron chi connectivity index (χ0n) is 26.9. The van der Waals surface area contributed by atoms with E-state index in [9.17, 15) is 19.2 Å². The lowest BCUT2D eigenvalue weighted by atomic mass is 10.0. The van der Waals surface area contributed by atoms with Crippen molar-refractivity contribution in [2.75, 3.05) is 50.8 Å². The summed E-state index contributed by atoms with van der Waals surface area (Å²) >= 11 is 0. The van der Waals surface area contributed by atoms with Gasteiger partial charge in [-0.3, -0.25) is 9.59 Å². The van der Waals surface area contributed by atoms with Crippen LogP contribution in [0.5, 0.6) is 0 Å². The number of carbonyl (C=O) groups excluding carboxylic acids is 3. The number of fused-ring (bicyclic) bond motifs is 1. The maximum atomic E-state index is 14.0. The van der Waals surface area contributed by atoms with Gasteiger partial charge < -0.3 is 34.6 Å². The molecular weight excluding hydrogens is 616 g/mol. The lowest BCUT2D eigenvalue weighted by molar-refractivity contribution is -0.134. The fourth-order valence-corrected chi connectivity index (χ4v) is 6.39. The third-order valence-electron chi connectivity index (χ3n) is 9.11. The normalized spacial score (nSPS) is 20.4. The number of ether oxygens (including phenoxy) is 2. The molecule has 1 aromatic heterocycles. The SMILES string of the molecule is CCCCOC(=O)N1CCN(C(=O)[C@H](Cc2ccccc2)NC(=O)c2cc(N3C[C@@H]4[C@H](C3)[C@@H]4OC(=O)O)nc(-c3ccccc3)n2)CC1. The molecule has 4 atom stereocenters. The number of amides is 3. The molecule has 0 radical (unpaired) electrons. The molecule has 0 bridgehead atoms. The van der Waals surface area contributed by atoms with E-state index < -0.39 is 18.1 Å². The quantitative estimate of drug-likeness (QED) is 0.231. The highest BCUT2D eigenvalue weighted by atomic mass is 16.7. The summed E-state index contributed by atoms with van der Waals surface area (Å²) in [5, 5.41) is 12.0. The molecule has 252 valence electrons. The highest BCUT2D eigenvalue weighted by Crippen LogP contribution is 2.48. The van der Waals surface area contributed by atoms with Gasteiger partial charge in [-0.05, 0) is 12.0 Å². The number of hydrogen-bond donors (Lipinski definition) is 2. The van der Waals surface area contributed by atoms with Gasteiger partial charge in [0.25, 0.3) is 5.91 Å². The first-order valence-electron chi connectivity index (χ1n) is 16.4. The van der Waals surface area contributed by atoms with E-state index >= 15 is 0 Å². The number of rotatable bonds is 11. The van der Waals surface area contributed by atoms with E-state index in [-0.39, 0.29) is 42.1 Å². The van der Waals surface area contributed by atoms with Crippen LogP contribution < -0.4 is 10.2 Å². The summed E-state index contributed by atoms with van der Waals surface area (Å²) in [4.78, 5) is 66.1. The molecule has 1 saturated carbocycles. The van der Waals surface area contributed by atoms with Crippen LogP contribution in [0.1, 0.15) is 35.8 Å². The molecule has 3 aromatic rings. The van der Waals surface area contributed by atoms with Gasteiger partial charge in [-0.15, -0.1) is 0 Å². The summed E-state index contributed by atoms with van der Waals surface area (Å²) in [6.07, 6.45) is 0.0212. The van der Waals surface area contributed by atoms with E-state index in [4.69, 9.17) is 19.6 Å². The molecule has 6 rings (SSSR count). The maximum Gasteiger partial charge on any atom is 0.506 e. The van der Waals surface area contributed by atoms with E-state index in [1.54, 1.807) is 15.9 Å². The molecule has 0 spiro atoms. The number of carboxylic acid groups (broad SMARTS) is 1. The Morgan fingerprint density at radius 3 is 2.21 bits per heavy atom. The molecule has 1 aliphatic carbocycles. The molecule has 3 fully saturated rings. The van der Waals surface area contributed by atoms with Crippen molar-refractivity contribution in [3.63, 3.8) is 0 Å². The largest absolute Gasteiger partial charge is 0.506 e. The molecule has 0 unspecified atom stereocenters. The number of hydrogen-bond acceptors (Lipinski definition) is 9. The monoisotopic (exact) mass is 656 g/mol. The summed E-state index contributed by atoms with van der Waals surface area (Å²) in [7, 11) is 0. The molecule has 2 aromatic carbocycles. The van der Waals surface area contributed by atoms with Gasteiger partial charge in [0.05, 0.1) is 6.61 Å². The van der Waals surface area contributed by atoms with Crippen LogP contribution in [-0.4, -0.2) is 107 Å². The number of carbonyl (C=O) groups is 4. The van der Waals surface area contributed by atoms with Crippen LogP contribution in [0.15, 0.2) is 66.7 Å². The molecule has 13 heteroatoms. The van der Waals surface area contributed by atoms with Crippen molar-refractivity contribution in [1.29, 1.82) is 0 Å². The number of anilines is 1. The van der Waals surface area contributed by atoms with Crippen LogP contribution in [0.4, 0.5) is 15.4 Å². The number of piperazine rings is 1. The van der Waals surface area contributed by atoms with Crippen LogP contribution in [0.25, 0.3) is 11.4 Å². The van der Waals surface area contributed by atoms with Crippen molar-refractivity contribution in [3.8, 4) is 11.4 Å². The second-order valence-electron chi connectivity index (χ2n) is 12.4. The average molecular weight is 657 g/mol. The van der Waals surface area contributed by atoms with E-state index in [1.807, 2.05) is 72.5 Å². The van der Waals surface area contributed by atoms with Crippen LogP contribution in [0, 0.1) is 11.8 Å². The number of benzene rings is 2. The van der Waals surface area contributed by atoms with Crippen molar-refractivity contribution in [2.24, 2.45) is 11.8 Å². The van der Waals surface area contributed by atoms with Crippen LogP contribution in [0.3, 0.4) is 0 Å². The van der Waals surface area contributed by atoms with E-state index in [0.29, 0.717) is 57.5 Å². The Kier molecular flexibility index (Phi) is 10.0. The third-order valence-corrected chi connectivity index (χ3v) is 9.11. The van der Waals surface area contributed by atoms with E-state index in [2.05, 4.69) is 10.3 Å². The lowest BCUT2D eigenvalue weighted by Gasteiger charge is -2.36. The minimum Gasteiger partial charge on any atom is -0.450 e. The number of aromatic nitrogens is 2. The molecule has 3 aliphatic rings. The van der Waals surface area contributed by atoms with E-state index in [1.165, 1.54) is 0 Å². The molecule has 2 N–H and O–H groups in total. The second-order valence-corrected chi connectivity index (χ2v) is 12.4. The van der Waals surface area contributed by atoms with Gasteiger partial charge in [-0.2, -0.15) is 0 Å². The first-order chi connectivity index (χ1) is 23.3. The Hall–Kier alpha value is -5.20. The van der Waals surface area contributed by atoms with Gasteiger partial charge in [-0.25, -0.2) is 19.6 Å². The van der Waals surface area contributed by atoms with E-state index in [0.717, 1.165) is 24.0 Å². The molecule has 2 saturated heterocycles. The standard InChI is InChI=1S/C35H40N6O7/c1-2-3-18-47-34(44)40-16-14-39(15-17-40)33(43)28(19-23-10-6-4-7-11-23)37-32(42)27-20-29(38-31(36-27)24-12-8-5-9-13-24)41-21-25-26(22-41)30(25)48-35(45)46/h4-13,20,25-26,28,30H,2-3,14-19,21-22H2,1H3,(H,37,42)(H,45,46)/t25-,26+,28-,30-/m0/s1. The number of piperidine rings is 1. The summed E-state index contributed by atoms with van der Waals surface area (Å²) in [6.45, 7) is 4.81. The van der Waals surface area contributed by atoms with Gasteiger partial charge in [-0.1, -0.05) is 74.0 Å².